The van der Waals surface area contributed by atoms with Gasteiger partial charge < -0.3 is 14.8 Å². The van der Waals surface area contributed by atoms with Crippen molar-refractivity contribution >= 4 is 0 Å². The van der Waals surface area contributed by atoms with Gasteiger partial charge in [0.05, 0.1) is 18.3 Å². The fraction of sp³-hybridized carbons (Fsp3) is 1.00. The summed E-state index contributed by atoms with van der Waals surface area (Å²) < 4.78 is 11.6. The van der Waals surface area contributed by atoms with Gasteiger partial charge in [0.1, 0.15) is 0 Å². The quantitative estimate of drug-likeness (QED) is 0.815. The van der Waals surface area contributed by atoms with Crippen molar-refractivity contribution in [2.24, 2.45) is 5.92 Å². The molecule has 3 saturated heterocycles. The second-order valence-electron chi connectivity index (χ2n) is 5.90. The summed E-state index contributed by atoms with van der Waals surface area (Å²) in [5.74, 6) is 0.775. The molecule has 0 amide bonds. The van der Waals surface area contributed by atoms with E-state index in [0.717, 1.165) is 25.5 Å². The lowest BCUT2D eigenvalue weighted by molar-refractivity contribution is -0.00116. The van der Waals surface area contributed by atoms with Crippen LogP contribution >= 0.6 is 0 Å². The molecule has 0 aromatic heterocycles. The van der Waals surface area contributed by atoms with E-state index < -0.39 is 0 Å². The van der Waals surface area contributed by atoms with Crippen LogP contribution in [-0.2, 0) is 9.47 Å². The second-order valence-corrected chi connectivity index (χ2v) is 5.90. The van der Waals surface area contributed by atoms with Crippen molar-refractivity contribution in [1.29, 1.82) is 0 Å². The van der Waals surface area contributed by atoms with E-state index in [2.05, 4.69) is 12.2 Å². The van der Waals surface area contributed by atoms with Crippen molar-refractivity contribution in [3.63, 3.8) is 0 Å². The van der Waals surface area contributed by atoms with Crippen LogP contribution in [0.1, 0.15) is 45.4 Å². The Morgan fingerprint density at radius 3 is 2.82 bits per heavy atom. The fourth-order valence-electron chi connectivity index (χ4n) is 3.63. The molecule has 0 aliphatic carbocycles. The second kappa shape index (κ2) is 5.25. The Balaban J connectivity index is 1.42. The van der Waals surface area contributed by atoms with E-state index in [1.807, 2.05) is 0 Å². The van der Waals surface area contributed by atoms with E-state index in [9.17, 15) is 0 Å². The first-order valence-electron chi connectivity index (χ1n) is 7.35. The zero-order valence-electron chi connectivity index (χ0n) is 10.9. The maximum Gasteiger partial charge on any atom is 0.0621 e. The molecular formula is C14H25NO2. The molecule has 98 valence electrons. The summed E-state index contributed by atoms with van der Waals surface area (Å²) in [5, 5.41) is 3.75. The van der Waals surface area contributed by atoms with E-state index in [4.69, 9.17) is 9.47 Å². The number of hydrogen-bond donors (Lipinski definition) is 1. The predicted molar refractivity (Wildman–Crippen MR) is 67.1 cm³/mol. The maximum atomic E-state index is 5.90. The lowest BCUT2D eigenvalue weighted by atomic mass is 9.89. The van der Waals surface area contributed by atoms with E-state index >= 15 is 0 Å². The molecule has 17 heavy (non-hydrogen) atoms. The Labute approximate surface area is 104 Å². The zero-order valence-corrected chi connectivity index (χ0v) is 10.9. The Kier molecular flexibility index (Phi) is 3.69. The first-order chi connectivity index (χ1) is 8.35. The van der Waals surface area contributed by atoms with Crippen LogP contribution in [0.5, 0.6) is 0 Å². The normalized spacial score (nSPS) is 45.4. The van der Waals surface area contributed by atoms with Crippen molar-refractivity contribution in [2.75, 3.05) is 13.2 Å². The molecule has 1 N–H and O–H groups in total. The van der Waals surface area contributed by atoms with Crippen LogP contribution in [0, 0.1) is 5.92 Å². The summed E-state index contributed by atoms with van der Waals surface area (Å²) >= 11 is 0. The van der Waals surface area contributed by atoms with Gasteiger partial charge in [-0.15, -0.1) is 0 Å². The van der Waals surface area contributed by atoms with Gasteiger partial charge in [-0.1, -0.05) is 6.92 Å². The first-order valence-corrected chi connectivity index (χ1v) is 7.35. The van der Waals surface area contributed by atoms with Gasteiger partial charge in [0, 0.05) is 25.1 Å². The Morgan fingerprint density at radius 2 is 2.12 bits per heavy atom. The van der Waals surface area contributed by atoms with Gasteiger partial charge in [-0.3, -0.25) is 0 Å². The fourth-order valence-corrected chi connectivity index (χ4v) is 3.63. The summed E-state index contributed by atoms with van der Waals surface area (Å²) in [6.07, 6.45) is 9.04. The monoisotopic (exact) mass is 239 g/mol. The molecule has 0 spiro atoms. The van der Waals surface area contributed by atoms with Crippen molar-refractivity contribution in [2.45, 2.75) is 69.8 Å². The third kappa shape index (κ3) is 2.67. The summed E-state index contributed by atoms with van der Waals surface area (Å²) in [6, 6.07) is 0.674. The minimum absolute atomic E-state index is 0.484. The Hall–Kier alpha value is -0.120. The highest BCUT2D eigenvalue weighted by molar-refractivity contribution is 4.91. The molecule has 3 fully saturated rings. The SMILES string of the molecule is CCC1CC(NCC2CC3CCC2O3)CCO1. The maximum absolute atomic E-state index is 5.90. The van der Waals surface area contributed by atoms with Crippen molar-refractivity contribution < 1.29 is 9.47 Å². The largest absolute Gasteiger partial charge is 0.378 e. The average Bonchev–Trinajstić information content (AvgIpc) is 2.99. The summed E-state index contributed by atoms with van der Waals surface area (Å²) in [6.45, 7) is 4.31. The minimum Gasteiger partial charge on any atom is -0.378 e. The van der Waals surface area contributed by atoms with E-state index in [1.165, 1.54) is 32.1 Å². The molecule has 3 nitrogen and oxygen atoms in total. The Morgan fingerprint density at radius 1 is 1.18 bits per heavy atom. The molecule has 3 aliphatic heterocycles. The smallest absolute Gasteiger partial charge is 0.0621 e. The van der Waals surface area contributed by atoms with Gasteiger partial charge in [-0.25, -0.2) is 0 Å². The molecule has 3 heteroatoms. The molecule has 2 bridgehead atoms. The third-order valence-electron chi connectivity index (χ3n) is 4.72. The molecule has 3 rings (SSSR count). The number of hydrogen-bond acceptors (Lipinski definition) is 3. The van der Waals surface area contributed by atoms with Gasteiger partial charge in [0.2, 0.25) is 0 Å². The number of nitrogens with one attached hydrogen (secondary N) is 1. The van der Waals surface area contributed by atoms with Crippen molar-refractivity contribution in [1.82, 2.24) is 5.32 Å². The first kappa shape index (κ1) is 11.9. The molecule has 0 saturated carbocycles. The predicted octanol–water partition coefficient (Wildman–Crippen LogP) is 2.10. The Bertz CT molecular complexity index is 259. The van der Waals surface area contributed by atoms with Gasteiger partial charge in [-0.05, 0) is 38.5 Å². The number of rotatable bonds is 4. The van der Waals surface area contributed by atoms with Crippen LogP contribution in [-0.4, -0.2) is 37.5 Å². The number of ether oxygens (including phenoxy) is 2. The minimum atomic E-state index is 0.484. The van der Waals surface area contributed by atoms with Gasteiger partial charge >= 0.3 is 0 Å². The van der Waals surface area contributed by atoms with Crippen LogP contribution in [0.4, 0.5) is 0 Å². The topological polar surface area (TPSA) is 30.5 Å². The van der Waals surface area contributed by atoms with Crippen LogP contribution < -0.4 is 5.32 Å². The van der Waals surface area contributed by atoms with Gasteiger partial charge in [0.15, 0.2) is 0 Å². The highest BCUT2D eigenvalue weighted by atomic mass is 16.5. The zero-order chi connectivity index (χ0) is 11.7. The third-order valence-corrected chi connectivity index (χ3v) is 4.72. The van der Waals surface area contributed by atoms with Crippen LogP contribution in [0.15, 0.2) is 0 Å². The standard InChI is InChI=1S/C14H25NO2/c1-2-12-8-11(5-6-16-12)15-9-10-7-13-3-4-14(10)17-13/h10-15H,2-9H2,1H3. The summed E-state index contributed by atoms with van der Waals surface area (Å²) in [4.78, 5) is 0. The molecule has 0 radical (unpaired) electrons. The highest BCUT2D eigenvalue weighted by Crippen LogP contribution is 2.38. The van der Waals surface area contributed by atoms with Crippen molar-refractivity contribution in [3.05, 3.63) is 0 Å². The lowest BCUT2D eigenvalue weighted by Gasteiger charge is -2.31. The van der Waals surface area contributed by atoms with Crippen molar-refractivity contribution in [3.8, 4) is 0 Å². The molecule has 0 aromatic rings. The molecule has 0 aromatic carbocycles. The van der Waals surface area contributed by atoms with E-state index in [0.29, 0.717) is 24.4 Å². The molecule has 3 aliphatic rings. The van der Waals surface area contributed by atoms with Gasteiger partial charge in [0.25, 0.3) is 0 Å². The van der Waals surface area contributed by atoms with Gasteiger partial charge in [-0.2, -0.15) is 0 Å². The average molecular weight is 239 g/mol. The van der Waals surface area contributed by atoms with Crippen LogP contribution in [0.3, 0.4) is 0 Å². The number of fused-ring (bicyclic) bond motifs is 2. The van der Waals surface area contributed by atoms with E-state index in [-0.39, 0.29) is 0 Å². The molecular weight excluding hydrogens is 214 g/mol. The highest BCUT2D eigenvalue weighted by Gasteiger charge is 2.40. The molecule has 5 unspecified atom stereocenters. The summed E-state index contributed by atoms with van der Waals surface area (Å²) in [5.41, 5.74) is 0. The van der Waals surface area contributed by atoms with E-state index in [1.54, 1.807) is 0 Å². The lowest BCUT2D eigenvalue weighted by Crippen LogP contribution is -2.42. The molecule has 5 atom stereocenters. The summed E-state index contributed by atoms with van der Waals surface area (Å²) in [7, 11) is 0. The van der Waals surface area contributed by atoms with Crippen LogP contribution in [0.2, 0.25) is 0 Å². The molecule has 3 heterocycles. The van der Waals surface area contributed by atoms with Crippen LogP contribution in [0.25, 0.3) is 0 Å².